The molecule has 1 rings (SSSR count). The normalized spacial score (nSPS) is 12.2. The largest absolute Gasteiger partial charge is 0.352 e. The molecule has 1 aromatic rings. The quantitative estimate of drug-likeness (QED) is 0.794. The van der Waals surface area contributed by atoms with E-state index in [0.29, 0.717) is 19.5 Å². The van der Waals surface area contributed by atoms with Crippen molar-refractivity contribution < 1.29 is 9.18 Å². The fourth-order valence-corrected chi connectivity index (χ4v) is 1.53. The molecular weight excluding hydrogens is 219 g/mol. The van der Waals surface area contributed by atoms with Gasteiger partial charge in [0.05, 0.1) is 0 Å². The molecule has 0 aliphatic rings. The average Bonchev–Trinajstić information content (AvgIpc) is 2.35. The molecule has 1 atom stereocenters. The number of carbonyl (C=O) groups is 1. The van der Waals surface area contributed by atoms with Gasteiger partial charge in [0.2, 0.25) is 5.91 Å². The number of hydrogen-bond acceptors (Lipinski definition) is 2. The van der Waals surface area contributed by atoms with Crippen molar-refractivity contribution in [3.63, 3.8) is 0 Å². The Labute approximate surface area is 101 Å². The standard InChI is InChI=1S/C13H19FN2O/c1-2-10(8-15)7-13(17)16-9-11-3-5-12(14)6-4-11/h3-6,10H,2,7-9,15H2,1H3,(H,16,17). The Morgan fingerprint density at radius 2 is 2.06 bits per heavy atom. The summed E-state index contributed by atoms with van der Waals surface area (Å²) in [5.74, 6) is -0.0379. The molecule has 3 N–H and O–H groups in total. The summed E-state index contributed by atoms with van der Waals surface area (Å²) in [6, 6.07) is 6.10. The lowest BCUT2D eigenvalue weighted by Crippen LogP contribution is -2.27. The van der Waals surface area contributed by atoms with Crippen LogP contribution in [-0.4, -0.2) is 12.5 Å². The predicted molar refractivity (Wildman–Crippen MR) is 65.7 cm³/mol. The third kappa shape index (κ3) is 4.95. The molecule has 0 fully saturated rings. The van der Waals surface area contributed by atoms with Crippen molar-refractivity contribution in [2.24, 2.45) is 11.7 Å². The number of halogens is 1. The van der Waals surface area contributed by atoms with Gasteiger partial charge in [-0.25, -0.2) is 4.39 Å². The van der Waals surface area contributed by atoms with Crippen LogP contribution in [0.25, 0.3) is 0 Å². The molecule has 0 radical (unpaired) electrons. The van der Waals surface area contributed by atoms with Crippen molar-refractivity contribution >= 4 is 5.91 Å². The average molecular weight is 238 g/mol. The number of hydrogen-bond donors (Lipinski definition) is 2. The number of rotatable bonds is 6. The van der Waals surface area contributed by atoms with Crippen molar-refractivity contribution in [3.05, 3.63) is 35.6 Å². The molecule has 0 aliphatic carbocycles. The van der Waals surface area contributed by atoms with Crippen molar-refractivity contribution in [3.8, 4) is 0 Å². The van der Waals surface area contributed by atoms with Crippen molar-refractivity contribution in [2.75, 3.05) is 6.54 Å². The van der Waals surface area contributed by atoms with Crippen molar-refractivity contribution in [2.45, 2.75) is 26.3 Å². The molecule has 0 spiro atoms. The molecule has 0 heterocycles. The van der Waals surface area contributed by atoms with Crippen LogP contribution in [-0.2, 0) is 11.3 Å². The van der Waals surface area contributed by atoms with E-state index in [4.69, 9.17) is 5.73 Å². The van der Waals surface area contributed by atoms with Gasteiger partial charge in [0, 0.05) is 13.0 Å². The van der Waals surface area contributed by atoms with E-state index in [-0.39, 0.29) is 17.6 Å². The van der Waals surface area contributed by atoms with E-state index in [2.05, 4.69) is 5.32 Å². The molecule has 0 aromatic heterocycles. The lowest BCUT2D eigenvalue weighted by atomic mass is 10.0. The Hall–Kier alpha value is -1.42. The second-order valence-electron chi connectivity index (χ2n) is 4.12. The first kappa shape index (κ1) is 13.6. The third-order valence-electron chi connectivity index (χ3n) is 2.79. The smallest absolute Gasteiger partial charge is 0.220 e. The Morgan fingerprint density at radius 1 is 1.41 bits per heavy atom. The molecule has 3 nitrogen and oxygen atoms in total. The summed E-state index contributed by atoms with van der Waals surface area (Å²) in [5, 5.41) is 2.80. The van der Waals surface area contributed by atoms with E-state index >= 15 is 0 Å². The highest BCUT2D eigenvalue weighted by Crippen LogP contribution is 2.06. The van der Waals surface area contributed by atoms with Gasteiger partial charge in [0.1, 0.15) is 5.82 Å². The number of benzene rings is 1. The van der Waals surface area contributed by atoms with Gasteiger partial charge in [-0.05, 0) is 30.2 Å². The SMILES string of the molecule is CCC(CN)CC(=O)NCc1ccc(F)cc1. The Balaban J connectivity index is 2.35. The van der Waals surface area contributed by atoms with Crippen LogP contribution in [0.15, 0.2) is 24.3 Å². The molecule has 17 heavy (non-hydrogen) atoms. The Morgan fingerprint density at radius 3 is 2.59 bits per heavy atom. The predicted octanol–water partition coefficient (Wildman–Crippen LogP) is 1.82. The molecular formula is C13H19FN2O. The number of carbonyl (C=O) groups excluding carboxylic acids is 1. The van der Waals surface area contributed by atoms with Gasteiger partial charge < -0.3 is 11.1 Å². The highest BCUT2D eigenvalue weighted by molar-refractivity contribution is 5.76. The second-order valence-corrected chi connectivity index (χ2v) is 4.12. The molecule has 0 saturated heterocycles. The summed E-state index contributed by atoms with van der Waals surface area (Å²) in [6.07, 6.45) is 1.36. The van der Waals surface area contributed by atoms with Crippen LogP contribution in [0.3, 0.4) is 0 Å². The fourth-order valence-electron chi connectivity index (χ4n) is 1.53. The van der Waals surface area contributed by atoms with E-state index in [1.807, 2.05) is 6.92 Å². The molecule has 0 saturated carbocycles. The lowest BCUT2D eigenvalue weighted by molar-refractivity contribution is -0.122. The second kappa shape index (κ2) is 7.01. The molecule has 1 aromatic carbocycles. The number of amides is 1. The molecule has 1 amide bonds. The lowest BCUT2D eigenvalue weighted by Gasteiger charge is -2.11. The number of nitrogens with two attached hydrogens (primary N) is 1. The van der Waals surface area contributed by atoms with E-state index in [9.17, 15) is 9.18 Å². The zero-order valence-corrected chi connectivity index (χ0v) is 10.1. The summed E-state index contributed by atoms with van der Waals surface area (Å²) in [4.78, 5) is 11.6. The molecule has 94 valence electrons. The van der Waals surface area contributed by atoms with Crippen LogP contribution >= 0.6 is 0 Å². The van der Waals surface area contributed by atoms with E-state index < -0.39 is 0 Å². The van der Waals surface area contributed by atoms with Crippen LogP contribution in [0.1, 0.15) is 25.3 Å². The van der Waals surface area contributed by atoms with Gasteiger partial charge >= 0.3 is 0 Å². The first-order valence-corrected chi connectivity index (χ1v) is 5.87. The van der Waals surface area contributed by atoms with Gasteiger partial charge in [-0.3, -0.25) is 4.79 Å². The molecule has 0 aliphatic heterocycles. The van der Waals surface area contributed by atoms with Crippen LogP contribution in [0.5, 0.6) is 0 Å². The van der Waals surface area contributed by atoms with Crippen LogP contribution < -0.4 is 11.1 Å². The fraction of sp³-hybridized carbons (Fsp3) is 0.462. The summed E-state index contributed by atoms with van der Waals surface area (Å²) in [6.45, 7) is 2.98. The minimum Gasteiger partial charge on any atom is -0.352 e. The van der Waals surface area contributed by atoms with Crippen LogP contribution in [0.2, 0.25) is 0 Å². The minimum atomic E-state index is -0.269. The van der Waals surface area contributed by atoms with E-state index in [1.54, 1.807) is 12.1 Å². The maximum atomic E-state index is 12.6. The number of nitrogens with one attached hydrogen (secondary N) is 1. The molecule has 0 bridgehead atoms. The third-order valence-corrected chi connectivity index (χ3v) is 2.79. The summed E-state index contributed by atoms with van der Waals surface area (Å²) in [5.41, 5.74) is 6.42. The topological polar surface area (TPSA) is 55.1 Å². The molecule has 1 unspecified atom stereocenters. The highest BCUT2D eigenvalue weighted by atomic mass is 19.1. The maximum Gasteiger partial charge on any atom is 0.220 e. The van der Waals surface area contributed by atoms with Gasteiger partial charge in [0.25, 0.3) is 0 Å². The summed E-state index contributed by atoms with van der Waals surface area (Å²) >= 11 is 0. The van der Waals surface area contributed by atoms with Gasteiger partial charge in [0.15, 0.2) is 0 Å². The first-order chi connectivity index (χ1) is 8.15. The van der Waals surface area contributed by atoms with E-state index in [0.717, 1.165) is 12.0 Å². The van der Waals surface area contributed by atoms with Crippen LogP contribution in [0.4, 0.5) is 4.39 Å². The zero-order chi connectivity index (χ0) is 12.7. The first-order valence-electron chi connectivity index (χ1n) is 5.87. The van der Waals surface area contributed by atoms with Gasteiger partial charge in [-0.15, -0.1) is 0 Å². The monoisotopic (exact) mass is 238 g/mol. The summed E-state index contributed by atoms with van der Waals surface area (Å²) in [7, 11) is 0. The Kier molecular flexibility index (Phi) is 5.63. The van der Waals surface area contributed by atoms with E-state index in [1.165, 1.54) is 12.1 Å². The van der Waals surface area contributed by atoms with Crippen LogP contribution in [0, 0.1) is 11.7 Å². The van der Waals surface area contributed by atoms with Crippen molar-refractivity contribution in [1.29, 1.82) is 0 Å². The highest BCUT2D eigenvalue weighted by Gasteiger charge is 2.09. The maximum absolute atomic E-state index is 12.6. The Bertz CT molecular complexity index is 347. The zero-order valence-electron chi connectivity index (χ0n) is 10.1. The minimum absolute atomic E-state index is 0.00775. The van der Waals surface area contributed by atoms with Gasteiger partial charge in [-0.1, -0.05) is 25.5 Å². The molecule has 4 heteroatoms. The van der Waals surface area contributed by atoms with Crippen molar-refractivity contribution in [1.82, 2.24) is 5.32 Å². The van der Waals surface area contributed by atoms with Gasteiger partial charge in [-0.2, -0.15) is 0 Å². The summed E-state index contributed by atoms with van der Waals surface area (Å²) < 4.78 is 12.6.